The molecule has 6 nitrogen and oxygen atoms in total. The Morgan fingerprint density at radius 2 is 1.55 bits per heavy atom. The highest BCUT2D eigenvalue weighted by atomic mass is 35.5. The second-order valence-corrected chi connectivity index (χ2v) is 11.6. The van der Waals surface area contributed by atoms with Crippen LogP contribution in [-0.2, 0) is 22.9 Å². The highest BCUT2D eigenvalue weighted by molar-refractivity contribution is 7.89. The summed E-state index contributed by atoms with van der Waals surface area (Å²) in [6.07, 6.45) is -2.63. The van der Waals surface area contributed by atoms with Gasteiger partial charge in [0.25, 0.3) is 0 Å². The van der Waals surface area contributed by atoms with Crippen molar-refractivity contribution in [1.29, 1.82) is 0 Å². The molecule has 3 aromatic carbocycles. The molecule has 0 bridgehead atoms. The van der Waals surface area contributed by atoms with Crippen LogP contribution in [0.4, 0.5) is 24.5 Å². The van der Waals surface area contributed by atoms with Gasteiger partial charge < -0.3 is 14.7 Å². The maximum Gasteiger partial charge on any atom is 0.573 e. The molecule has 1 fully saturated rings. The summed E-state index contributed by atoms with van der Waals surface area (Å²) in [6, 6.07) is 17.4. The first kappa shape index (κ1) is 26.8. The number of aryl methyl sites for hydroxylation is 2. The predicted octanol–water partition coefficient (Wildman–Crippen LogP) is 5.74. The van der Waals surface area contributed by atoms with Gasteiger partial charge in [-0.25, -0.2) is 13.1 Å². The van der Waals surface area contributed by atoms with E-state index in [1.807, 2.05) is 36.4 Å². The van der Waals surface area contributed by atoms with Crippen molar-refractivity contribution in [2.75, 3.05) is 4.90 Å². The number of aliphatic hydroxyl groups excluding tert-OH is 1. The standard InChI is InChI=1S/C27H26ClF3N2O4S/c28-20-16-19(37-27(29,30)31)14-15-25(20)38(35,36)32-21-8-5-11-24(26(21)34)33-22-9-3-1-6-17(22)12-13-18-7-2-4-10-23(18)33/h1-4,6-7,9-10,14-16,21,24,26,32,34H,5,8,11-13H2/t21-,24+,26+/m0/s1. The van der Waals surface area contributed by atoms with E-state index in [9.17, 15) is 26.7 Å². The summed E-state index contributed by atoms with van der Waals surface area (Å²) in [7, 11) is -4.26. The van der Waals surface area contributed by atoms with Gasteiger partial charge in [-0.1, -0.05) is 48.0 Å². The number of hydrogen-bond donors (Lipinski definition) is 2. The number of aliphatic hydroxyl groups is 1. The summed E-state index contributed by atoms with van der Waals surface area (Å²) in [6.45, 7) is 0. The number of anilines is 2. The van der Waals surface area contributed by atoms with Gasteiger partial charge in [0.05, 0.1) is 23.2 Å². The summed E-state index contributed by atoms with van der Waals surface area (Å²) in [5, 5.41) is 11.1. The van der Waals surface area contributed by atoms with Gasteiger partial charge in [-0.05, 0) is 67.5 Å². The Morgan fingerprint density at radius 1 is 0.947 bits per heavy atom. The van der Waals surface area contributed by atoms with Gasteiger partial charge in [0, 0.05) is 17.4 Å². The van der Waals surface area contributed by atoms with Crippen LogP contribution in [0.15, 0.2) is 71.6 Å². The predicted molar refractivity (Wildman–Crippen MR) is 138 cm³/mol. The molecule has 5 rings (SSSR count). The molecule has 0 amide bonds. The number of alkyl halides is 3. The van der Waals surface area contributed by atoms with E-state index in [1.165, 1.54) is 0 Å². The lowest BCUT2D eigenvalue weighted by Gasteiger charge is -2.43. The number of para-hydroxylation sites is 2. The Hall–Kier alpha value is -2.79. The lowest BCUT2D eigenvalue weighted by molar-refractivity contribution is -0.274. The molecule has 0 radical (unpaired) electrons. The van der Waals surface area contributed by atoms with Crippen LogP contribution >= 0.6 is 11.6 Å². The lowest BCUT2D eigenvalue weighted by Crippen LogP contribution is -2.55. The van der Waals surface area contributed by atoms with Crippen LogP contribution in [0.2, 0.25) is 5.02 Å². The Kier molecular flexibility index (Phi) is 7.34. The molecule has 0 unspecified atom stereocenters. The number of halogens is 4. The molecule has 0 aromatic heterocycles. The summed E-state index contributed by atoms with van der Waals surface area (Å²) in [5.41, 5.74) is 4.25. The zero-order chi connectivity index (χ0) is 27.1. The Labute approximate surface area is 224 Å². The number of nitrogens with zero attached hydrogens (tertiary/aromatic N) is 1. The van der Waals surface area contributed by atoms with Gasteiger partial charge >= 0.3 is 6.36 Å². The van der Waals surface area contributed by atoms with E-state index < -0.39 is 50.2 Å². The van der Waals surface area contributed by atoms with Crippen LogP contribution in [-0.4, -0.2) is 38.1 Å². The SMILES string of the molecule is O=S(=O)(N[C@H]1CCC[C@@H](N2c3ccccc3CCc3ccccc32)[C@@H]1O)c1ccc(OC(F)(F)F)cc1Cl. The van der Waals surface area contributed by atoms with Gasteiger partial charge in [0.15, 0.2) is 0 Å². The smallest absolute Gasteiger partial charge is 0.406 e. The van der Waals surface area contributed by atoms with E-state index in [0.717, 1.165) is 53.5 Å². The summed E-state index contributed by atoms with van der Waals surface area (Å²) in [5.74, 6) is -0.627. The van der Waals surface area contributed by atoms with E-state index in [-0.39, 0.29) is 0 Å². The number of fused-ring (bicyclic) bond motifs is 2. The summed E-state index contributed by atoms with van der Waals surface area (Å²) < 4.78 is 70.4. The number of sulfonamides is 1. The first-order chi connectivity index (χ1) is 18.0. The van der Waals surface area contributed by atoms with Crippen LogP contribution in [0.1, 0.15) is 30.4 Å². The molecule has 0 spiro atoms. The Bertz CT molecular complexity index is 1390. The van der Waals surface area contributed by atoms with Crippen LogP contribution in [0, 0.1) is 0 Å². The molecular formula is C27H26ClF3N2O4S. The number of benzene rings is 3. The molecule has 3 atom stereocenters. The molecule has 1 aliphatic heterocycles. The Morgan fingerprint density at radius 3 is 2.13 bits per heavy atom. The fourth-order valence-electron chi connectivity index (χ4n) is 5.40. The number of rotatable bonds is 5. The van der Waals surface area contributed by atoms with Crippen molar-refractivity contribution in [3.8, 4) is 5.75 Å². The molecule has 2 N–H and O–H groups in total. The minimum absolute atomic E-state index is 0.390. The zero-order valence-electron chi connectivity index (χ0n) is 20.2. The fraction of sp³-hybridized carbons (Fsp3) is 0.333. The van der Waals surface area contributed by atoms with Crippen LogP contribution in [0.25, 0.3) is 0 Å². The van der Waals surface area contributed by atoms with E-state index in [2.05, 4.69) is 26.5 Å². The highest BCUT2D eigenvalue weighted by Crippen LogP contribution is 2.41. The number of ether oxygens (including phenoxy) is 1. The molecular weight excluding hydrogens is 541 g/mol. The van der Waals surface area contributed by atoms with Crippen molar-refractivity contribution >= 4 is 33.0 Å². The molecule has 38 heavy (non-hydrogen) atoms. The van der Waals surface area contributed by atoms with Crippen molar-refractivity contribution in [2.24, 2.45) is 0 Å². The molecule has 0 saturated heterocycles. The second-order valence-electron chi connectivity index (χ2n) is 9.48. The molecule has 2 aliphatic rings. The zero-order valence-corrected chi connectivity index (χ0v) is 21.7. The molecule has 11 heteroatoms. The highest BCUT2D eigenvalue weighted by Gasteiger charge is 2.40. The third-order valence-corrected chi connectivity index (χ3v) is 9.02. The first-order valence-corrected chi connectivity index (χ1v) is 14.1. The van der Waals surface area contributed by atoms with E-state index in [0.29, 0.717) is 19.3 Å². The maximum absolute atomic E-state index is 13.2. The van der Waals surface area contributed by atoms with Crippen molar-refractivity contribution in [3.05, 3.63) is 82.9 Å². The normalized spacial score (nSPS) is 21.8. The average molecular weight is 567 g/mol. The lowest BCUT2D eigenvalue weighted by atomic mass is 9.86. The summed E-state index contributed by atoms with van der Waals surface area (Å²) in [4.78, 5) is 1.73. The maximum atomic E-state index is 13.2. The van der Waals surface area contributed by atoms with Crippen LogP contribution in [0.5, 0.6) is 5.75 Å². The number of hydrogen-bond acceptors (Lipinski definition) is 5. The van der Waals surface area contributed by atoms with Gasteiger partial charge in [0.1, 0.15) is 10.6 Å². The molecule has 202 valence electrons. The summed E-state index contributed by atoms with van der Waals surface area (Å²) >= 11 is 6.04. The fourth-order valence-corrected chi connectivity index (χ4v) is 7.22. The third-order valence-electron chi connectivity index (χ3n) is 7.05. The Balaban J connectivity index is 1.43. The van der Waals surface area contributed by atoms with Crippen LogP contribution in [0.3, 0.4) is 0 Å². The number of nitrogens with one attached hydrogen (secondary N) is 1. The van der Waals surface area contributed by atoms with Crippen molar-refractivity contribution < 1.29 is 31.4 Å². The third kappa shape index (κ3) is 5.49. The minimum Gasteiger partial charge on any atom is -0.406 e. The van der Waals surface area contributed by atoms with Gasteiger partial charge in [-0.2, -0.15) is 0 Å². The molecule has 1 heterocycles. The van der Waals surface area contributed by atoms with E-state index in [1.54, 1.807) is 0 Å². The second kappa shape index (κ2) is 10.4. The van der Waals surface area contributed by atoms with Gasteiger partial charge in [-0.3, -0.25) is 0 Å². The topological polar surface area (TPSA) is 78.9 Å². The van der Waals surface area contributed by atoms with Crippen molar-refractivity contribution in [1.82, 2.24) is 4.72 Å². The minimum atomic E-state index is -4.94. The molecule has 3 aromatic rings. The van der Waals surface area contributed by atoms with Gasteiger partial charge in [0.2, 0.25) is 10.0 Å². The van der Waals surface area contributed by atoms with Crippen molar-refractivity contribution in [2.45, 2.75) is 61.5 Å². The van der Waals surface area contributed by atoms with Crippen molar-refractivity contribution in [3.63, 3.8) is 0 Å². The van der Waals surface area contributed by atoms with E-state index in [4.69, 9.17) is 11.6 Å². The quantitative estimate of drug-likeness (QED) is 0.412. The monoisotopic (exact) mass is 566 g/mol. The first-order valence-electron chi connectivity index (χ1n) is 12.2. The van der Waals surface area contributed by atoms with Crippen LogP contribution < -0.4 is 14.4 Å². The molecule has 1 saturated carbocycles. The average Bonchev–Trinajstić information content (AvgIpc) is 3.01. The largest absolute Gasteiger partial charge is 0.573 e. The van der Waals surface area contributed by atoms with E-state index >= 15 is 0 Å². The molecule has 1 aliphatic carbocycles. The van der Waals surface area contributed by atoms with Gasteiger partial charge in [-0.15, -0.1) is 13.2 Å².